The number of aromatic nitrogens is 1. The van der Waals surface area contributed by atoms with E-state index in [2.05, 4.69) is 127 Å². The zero-order valence-corrected chi connectivity index (χ0v) is 27.0. The second kappa shape index (κ2) is 12.1. The Balaban J connectivity index is 1.20. The van der Waals surface area contributed by atoms with Crippen molar-refractivity contribution in [3.8, 4) is 50.9 Å². The number of rotatable bonds is 5. The summed E-state index contributed by atoms with van der Waals surface area (Å²) in [4.78, 5) is 5.13. The Morgan fingerprint density at radius 3 is 2.10 bits per heavy atom. The van der Waals surface area contributed by atoms with Crippen LogP contribution < -0.4 is 0 Å². The van der Waals surface area contributed by atoms with E-state index in [1.54, 1.807) is 0 Å². The first-order valence-electron chi connectivity index (χ1n) is 17.0. The van der Waals surface area contributed by atoms with Crippen molar-refractivity contribution in [3.05, 3.63) is 162 Å². The van der Waals surface area contributed by atoms with Crippen LogP contribution in [0, 0.1) is 11.3 Å². The molecule has 0 N–H and O–H groups in total. The van der Waals surface area contributed by atoms with Crippen LogP contribution in [0.1, 0.15) is 41.5 Å². The molecule has 9 rings (SSSR count). The Labute approximate surface area is 285 Å². The fourth-order valence-electron chi connectivity index (χ4n) is 7.31. The van der Waals surface area contributed by atoms with Gasteiger partial charge in [0.15, 0.2) is 5.58 Å². The van der Waals surface area contributed by atoms with Gasteiger partial charge < -0.3 is 4.42 Å². The normalized spacial score (nSPS) is 13.7. The first-order valence-corrected chi connectivity index (χ1v) is 17.0. The molecule has 0 amide bonds. The molecule has 2 aliphatic carbocycles. The van der Waals surface area contributed by atoms with Gasteiger partial charge in [-0.3, -0.25) is 0 Å². The average Bonchev–Trinajstić information content (AvgIpc) is 3.62. The third kappa shape index (κ3) is 5.29. The highest BCUT2D eigenvalue weighted by atomic mass is 16.3. The van der Waals surface area contributed by atoms with Gasteiger partial charge in [0.25, 0.3) is 0 Å². The maximum atomic E-state index is 9.24. The maximum Gasteiger partial charge on any atom is 0.227 e. The fourth-order valence-corrected chi connectivity index (χ4v) is 7.31. The lowest BCUT2D eigenvalue weighted by Gasteiger charge is -2.19. The number of allylic oxidation sites excluding steroid dienone is 5. The van der Waals surface area contributed by atoms with Crippen LogP contribution in [0.4, 0.5) is 0 Å². The number of benzene rings is 6. The van der Waals surface area contributed by atoms with Crippen LogP contribution in [0.2, 0.25) is 0 Å². The van der Waals surface area contributed by atoms with Crippen LogP contribution in [-0.2, 0) is 6.42 Å². The summed E-state index contributed by atoms with van der Waals surface area (Å²) in [5.41, 5.74) is 15.0. The molecule has 0 saturated carbocycles. The van der Waals surface area contributed by atoms with E-state index < -0.39 is 0 Å². The molecule has 6 aromatic carbocycles. The van der Waals surface area contributed by atoms with Gasteiger partial charge in [-0.15, -0.1) is 0 Å². The molecule has 0 radical (unpaired) electrons. The zero-order chi connectivity index (χ0) is 32.7. The van der Waals surface area contributed by atoms with Crippen LogP contribution in [0.15, 0.2) is 144 Å². The van der Waals surface area contributed by atoms with Crippen molar-refractivity contribution in [1.82, 2.24) is 4.98 Å². The van der Waals surface area contributed by atoms with Gasteiger partial charge in [0, 0.05) is 11.1 Å². The van der Waals surface area contributed by atoms with Crippen molar-refractivity contribution < 1.29 is 4.42 Å². The highest BCUT2D eigenvalue weighted by Crippen LogP contribution is 2.41. The van der Waals surface area contributed by atoms with E-state index in [0.717, 1.165) is 70.2 Å². The van der Waals surface area contributed by atoms with Gasteiger partial charge in [-0.05, 0) is 129 Å². The minimum absolute atomic E-state index is 0.614. The fraction of sp³-hybridized carbons (Fsp3) is 0.0870. The molecule has 0 fully saturated rings. The third-order valence-electron chi connectivity index (χ3n) is 9.86. The molecule has 0 bridgehead atoms. The van der Waals surface area contributed by atoms with Crippen molar-refractivity contribution in [1.29, 1.82) is 5.26 Å². The van der Waals surface area contributed by atoms with Crippen molar-refractivity contribution in [2.45, 2.75) is 25.7 Å². The SMILES string of the molecule is N#Cc1ccc(-c2ccc(-c3cc(-c4cc5ccccc5c5c4C=CCC5)cc4oc(-c5ccc(C6=CCCC=C6)cc5)nc34)cc2)cc1. The zero-order valence-electron chi connectivity index (χ0n) is 27.0. The summed E-state index contributed by atoms with van der Waals surface area (Å²) in [5, 5.41) is 11.8. The lowest BCUT2D eigenvalue weighted by atomic mass is 9.85. The minimum Gasteiger partial charge on any atom is -0.436 e. The number of fused-ring (bicyclic) bond motifs is 4. The number of oxazole rings is 1. The van der Waals surface area contributed by atoms with Crippen LogP contribution in [0.3, 0.4) is 0 Å². The lowest BCUT2D eigenvalue weighted by Crippen LogP contribution is -1.99. The van der Waals surface area contributed by atoms with Gasteiger partial charge in [-0.1, -0.05) is 103 Å². The summed E-state index contributed by atoms with van der Waals surface area (Å²) in [6.45, 7) is 0. The molecule has 49 heavy (non-hydrogen) atoms. The maximum absolute atomic E-state index is 9.24. The molecule has 0 unspecified atom stereocenters. The van der Waals surface area contributed by atoms with E-state index in [0.29, 0.717) is 11.5 Å². The van der Waals surface area contributed by atoms with Crippen molar-refractivity contribution in [3.63, 3.8) is 0 Å². The number of nitrogens with zero attached hydrogens (tertiary/aromatic N) is 2. The average molecular weight is 629 g/mol. The van der Waals surface area contributed by atoms with Gasteiger partial charge in [-0.25, -0.2) is 4.98 Å². The molecule has 0 saturated heterocycles. The van der Waals surface area contributed by atoms with Gasteiger partial charge in [0.1, 0.15) is 5.52 Å². The predicted octanol–water partition coefficient (Wildman–Crippen LogP) is 12.2. The molecular weight excluding hydrogens is 597 g/mol. The topological polar surface area (TPSA) is 49.8 Å². The Bertz CT molecular complexity index is 2520. The van der Waals surface area contributed by atoms with Crippen LogP contribution in [0.25, 0.3) is 78.4 Å². The summed E-state index contributed by atoms with van der Waals surface area (Å²) >= 11 is 0. The molecule has 7 aromatic rings. The first kappa shape index (κ1) is 28.9. The summed E-state index contributed by atoms with van der Waals surface area (Å²) in [6, 6.07) is 42.6. The largest absolute Gasteiger partial charge is 0.436 e. The molecule has 1 heterocycles. The Morgan fingerprint density at radius 1 is 0.612 bits per heavy atom. The van der Waals surface area contributed by atoms with E-state index in [9.17, 15) is 5.26 Å². The third-order valence-corrected chi connectivity index (χ3v) is 9.86. The van der Waals surface area contributed by atoms with Gasteiger partial charge >= 0.3 is 0 Å². The van der Waals surface area contributed by atoms with Crippen LogP contribution in [-0.4, -0.2) is 4.98 Å². The Hall–Kier alpha value is -6.24. The van der Waals surface area contributed by atoms with Gasteiger partial charge in [0.2, 0.25) is 5.89 Å². The number of hydrogen-bond donors (Lipinski definition) is 0. The first-order chi connectivity index (χ1) is 24.2. The van der Waals surface area contributed by atoms with Crippen LogP contribution >= 0.6 is 0 Å². The molecule has 3 heteroatoms. The monoisotopic (exact) mass is 628 g/mol. The van der Waals surface area contributed by atoms with Gasteiger partial charge in [0.05, 0.1) is 11.6 Å². The molecule has 0 aliphatic heterocycles. The minimum atomic E-state index is 0.614. The molecule has 1 aromatic heterocycles. The summed E-state index contributed by atoms with van der Waals surface area (Å²) in [5.74, 6) is 0.614. The standard InChI is InChI=1S/C46H32N2O/c47-29-30-14-16-32(17-15-30)34-18-22-35(23-19-34)43-27-38(42-26-37-10-4-5-11-39(37)40-12-6-7-13-41(40)42)28-44-45(43)48-46(49-44)36-24-20-33(21-25-36)31-8-2-1-3-9-31/h2,4-5,7-11,13-28H,1,3,6,12H2. The second-order valence-corrected chi connectivity index (χ2v) is 12.9. The summed E-state index contributed by atoms with van der Waals surface area (Å²) < 4.78 is 6.63. The van der Waals surface area contributed by atoms with E-state index >= 15 is 0 Å². The molecular formula is C46H32N2O. The number of aryl methyl sites for hydroxylation is 1. The van der Waals surface area contributed by atoms with Crippen molar-refractivity contribution in [2.75, 3.05) is 0 Å². The predicted molar refractivity (Wildman–Crippen MR) is 202 cm³/mol. The van der Waals surface area contributed by atoms with E-state index in [4.69, 9.17) is 9.40 Å². The van der Waals surface area contributed by atoms with Gasteiger partial charge in [-0.2, -0.15) is 5.26 Å². The smallest absolute Gasteiger partial charge is 0.227 e. The summed E-state index contributed by atoms with van der Waals surface area (Å²) in [7, 11) is 0. The van der Waals surface area contributed by atoms with E-state index in [1.165, 1.54) is 38.6 Å². The highest BCUT2D eigenvalue weighted by Gasteiger charge is 2.20. The van der Waals surface area contributed by atoms with E-state index in [-0.39, 0.29) is 0 Å². The molecule has 232 valence electrons. The lowest BCUT2D eigenvalue weighted by molar-refractivity contribution is 0.620. The number of nitriles is 1. The molecule has 3 nitrogen and oxygen atoms in total. The van der Waals surface area contributed by atoms with E-state index in [1.807, 2.05) is 24.3 Å². The molecule has 0 spiro atoms. The Kier molecular flexibility index (Phi) is 7.14. The molecule has 0 atom stereocenters. The van der Waals surface area contributed by atoms with Crippen molar-refractivity contribution >= 4 is 33.5 Å². The summed E-state index contributed by atoms with van der Waals surface area (Å²) in [6.07, 6.45) is 15.6. The van der Waals surface area contributed by atoms with Crippen LogP contribution in [0.5, 0.6) is 0 Å². The quantitative estimate of drug-likeness (QED) is 0.191. The van der Waals surface area contributed by atoms with Crippen molar-refractivity contribution in [2.24, 2.45) is 0 Å². The number of hydrogen-bond acceptors (Lipinski definition) is 3. The highest BCUT2D eigenvalue weighted by molar-refractivity contribution is 6.01. The second-order valence-electron chi connectivity index (χ2n) is 12.9. The Morgan fingerprint density at radius 2 is 1.33 bits per heavy atom. The molecule has 2 aliphatic rings.